The molecular weight excluding hydrogens is 354 g/mol. The molecule has 3 unspecified atom stereocenters. The molecule has 0 bridgehead atoms. The van der Waals surface area contributed by atoms with Crippen molar-refractivity contribution in [3.63, 3.8) is 0 Å². The van der Waals surface area contributed by atoms with Crippen molar-refractivity contribution in [2.75, 3.05) is 0 Å². The van der Waals surface area contributed by atoms with E-state index in [1.807, 2.05) is 0 Å². The molecule has 1 fully saturated rings. The molecule has 2 nitrogen and oxygen atoms in total. The number of hydrogen-bond donors (Lipinski definition) is 0. The van der Waals surface area contributed by atoms with Crippen LogP contribution in [0.25, 0.3) is 0 Å². The maximum atomic E-state index is 12.7. The molecule has 3 aliphatic rings. The molecule has 29 heavy (non-hydrogen) atoms. The fraction of sp³-hybridized carbons (Fsp3) is 0.556. The summed E-state index contributed by atoms with van der Waals surface area (Å²) >= 11 is 0. The molecule has 0 spiro atoms. The van der Waals surface area contributed by atoms with Crippen LogP contribution in [0.4, 0.5) is 0 Å². The lowest BCUT2D eigenvalue weighted by atomic mass is 9.76. The maximum Gasteiger partial charge on any atom is 0.133 e. The Morgan fingerprint density at radius 3 is 2.86 bits per heavy atom. The van der Waals surface area contributed by atoms with Crippen LogP contribution < -0.4 is 0 Å². The third kappa shape index (κ3) is 4.97. The van der Waals surface area contributed by atoms with Crippen LogP contribution in [0.2, 0.25) is 0 Å². The van der Waals surface area contributed by atoms with Gasteiger partial charge in [-0.15, -0.1) is 0 Å². The topological polar surface area (TPSA) is 29.4 Å². The Labute approximate surface area is 176 Å². The molecule has 1 heterocycles. The highest BCUT2D eigenvalue weighted by molar-refractivity contribution is 5.79. The zero-order valence-corrected chi connectivity index (χ0v) is 18.1. The lowest BCUT2D eigenvalue weighted by Crippen LogP contribution is -2.20. The summed E-state index contributed by atoms with van der Waals surface area (Å²) in [6, 6.07) is 8.44. The van der Waals surface area contributed by atoms with Gasteiger partial charge in [-0.2, -0.15) is 0 Å². The van der Waals surface area contributed by atoms with Crippen LogP contribution in [-0.2, 0) is 11.2 Å². The Morgan fingerprint density at radius 1 is 1.14 bits per heavy atom. The second-order valence-corrected chi connectivity index (χ2v) is 9.57. The van der Waals surface area contributed by atoms with Gasteiger partial charge in [-0.05, 0) is 79.9 Å². The van der Waals surface area contributed by atoms with Gasteiger partial charge in [-0.1, -0.05) is 49.8 Å². The molecule has 2 heteroatoms. The molecule has 0 amide bonds. The van der Waals surface area contributed by atoms with Gasteiger partial charge in [0.1, 0.15) is 5.78 Å². The van der Waals surface area contributed by atoms with Crippen molar-refractivity contribution in [2.45, 2.75) is 71.6 Å². The number of nitrogens with zero attached hydrogens (tertiary/aromatic N) is 1. The second kappa shape index (κ2) is 9.24. The average molecular weight is 390 g/mol. The third-order valence-corrected chi connectivity index (χ3v) is 7.20. The van der Waals surface area contributed by atoms with Gasteiger partial charge in [0.2, 0.25) is 0 Å². The zero-order chi connectivity index (χ0) is 20.2. The van der Waals surface area contributed by atoms with Gasteiger partial charge in [0, 0.05) is 30.7 Å². The number of carbonyl (C=O) groups excluding carboxylic acids is 1. The molecule has 4 rings (SSSR count). The van der Waals surface area contributed by atoms with E-state index in [1.54, 1.807) is 0 Å². The average Bonchev–Trinajstić information content (AvgIpc) is 3.09. The quantitative estimate of drug-likeness (QED) is 0.536. The summed E-state index contributed by atoms with van der Waals surface area (Å²) in [7, 11) is 0. The Kier molecular flexibility index (Phi) is 6.47. The summed E-state index contributed by atoms with van der Waals surface area (Å²) in [6.07, 6.45) is 16.4. The minimum Gasteiger partial charge on any atom is -0.300 e. The van der Waals surface area contributed by atoms with Crippen molar-refractivity contribution in [1.29, 1.82) is 0 Å². The first kappa shape index (κ1) is 20.3. The molecule has 1 aliphatic heterocycles. The zero-order valence-electron chi connectivity index (χ0n) is 18.1. The lowest BCUT2D eigenvalue weighted by molar-refractivity contribution is -0.120. The van der Waals surface area contributed by atoms with E-state index in [4.69, 9.17) is 4.99 Å². The summed E-state index contributed by atoms with van der Waals surface area (Å²) in [5, 5.41) is 0. The number of aryl methyl sites for hydroxylation is 2. The van der Waals surface area contributed by atoms with Gasteiger partial charge in [-0.3, -0.25) is 9.79 Å². The van der Waals surface area contributed by atoms with Crippen molar-refractivity contribution < 1.29 is 4.79 Å². The number of hydrogen-bond acceptors (Lipinski definition) is 2. The molecular formula is C27H35NO. The number of allylic oxidation sites excluding steroid dienone is 4. The van der Waals surface area contributed by atoms with E-state index in [0.29, 0.717) is 35.9 Å². The summed E-state index contributed by atoms with van der Waals surface area (Å²) in [6.45, 7) is 4.43. The summed E-state index contributed by atoms with van der Waals surface area (Å²) in [4.78, 5) is 17.7. The van der Waals surface area contributed by atoms with Crippen LogP contribution in [0.3, 0.4) is 0 Å². The van der Waals surface area contributed by atoms with Crippen LogP contribution >= 0.6 is 0 Å². The van der Waals surface area contributed by atoms with E-state index >= 15 is 0 Å². The van der Waals surface area contributed by atoms with Crippen LogP contribution in [0.15, 0.2) is 52.7 Å². The molecule has 0 aromatic heterocycles. The minimum absolute atomic E-state index is 0.438. The maximum absolute atomic E-state index is 12.7. The first-order valence-corrected chi connectivity index (χ1v) is 11.6. The Morgan fingerprint density at radius 2 is 2.00 bits per heavy atom. The van der Waals surface area contributed by atoms with Gasteiger partial charge in [0.15, 0.2) is 0 Å². The largest absolute Gasteiger partial charge is 0.300 e. The van der Waals surface area contributed by atoms with Gasteiger partial charge >= 0.3 is 0 Å². The molecule has 0 radical (unpaired) electrons. The smallest absolute Gasteiger partial charge is 0.133 e. The van der Waals surface area contributed by atoms with Crippen molar-refractivity contribution in [3.8, 4) is 0 Å². The number of Topliss-reactive ketones (excluding diaryl/α,β-unsaturated/α-hetero) is 1. The van der Waals surface area contributed by atoms with E-state index in [9.17, 15) is 4.79 Å². The van der Waals surface area contributed by atoms with Crippen molar-refractivity contribution in [3.05, 3.63) is 58.8 Å². The standard InChI is InChI=1S/C27H35NO/c1-19-15-23-10-6-12-26(23)27(28-18-19)24-11-5-8-21(16-24)17-25(29)14-13-22-9-4-3-7-20(22)2/h3-4,6-7,9,12,18-19,21,23-24H,5,8,10-11,13-17H2,1-2H3/t19?,21-,23?,24?/m1/s1. The number of ketones is 1. The Bertz CT molecular complexity index is 831. The van der Waals surface area contributed by atoms with Gasteiger partial charge < -0.3 is 0 Å². The number of benzene rings is 1. The highest BCUT2D eigenvalue weighted by atomic mass is 16.1. The molecule has 154 valence electrons. The van der Waals surface area contributed by atoms with Crippen molar-refractivity contribution in [1.82, 2.24) is 0 Å². The van der Waals surface area contributed by atoms with Crippen molar-refractivity contribution in [2.24, 2.45) is 28.7 Å². The summed E-state index contributed by atoms with van der Waals surface area (Å²) in [5.74, 6) is 2.74. The number of rotatable bonds is 6. The predicted octanol–water partition coefficient (Wildman–Crippen LogP) is 6.63. The van der Waals surface area contributed by atoms with E-state index in [-0.39, 0.29) is 0 Å². The molecule has 1 aromatic carbocycles. The molecule has 2 aliphatic carbocycles. The SMILES string of the molecule is Cc1ccccc1CCC(=O)C[C@@H]1CCCC(C2=C3C=CCC3CC(C)C=N2)C1. The molecule has 1 aromatic rings. The monoisotopic (exact) mass is 389 g/mol. The first-order valence-electron chi connectivity index (χ1n) is 11.6. The molecule has 4 atom stereocenters. The van der Waals surface area contributed by atoms with Crippen LogP contribution in [0.5, 0.6) is 0 Å². The van der Waals surface area contributed by atoms with Crippen molar-refractivity contribution >= 4 is 12.0 Å². The van der Waals surface area contributed by atoms with Crippen LogP contribution in [0, 0.1) is 30.6 Å². The number of carbonyl (C=O) groups is 1. The van der Waals surface area contributed by atoms with Crippen LogP contribution in [0.1, 0.15) is 69.4 Å². The first-order chi connectivity index (χ1) is 14.1. The Balaban J connectivity index is 1.37. The van der Waals surface area contributed by atoms with Gasteiger partial charge in [0.05, 0.1) is 0 Å². The molecule has 0 saturated heterocycles. The second-order valence-electron chi connectivity index (χ2n) is 9.57. The lowest BCUT2D eigenvalue weighted by Gasteiger charge is -2.30. The van der Waals surface area contributed by atoms with E-state index in [1.165, 1.54) is 54.5 Å². The van der Waals surface area contributed by atoms with E-state index < -0.39 is 0 Å². The van der Waals surface area contributed by atoms with E-state index in [2.05, 4.69) is 56.5 Å². The Hall–Kier alpha value is -1.96. The fourth-order valence-corrected chi connectivity index (χ4v) is 5.59. The van der Waals surface area contributed by atoms with Gasteiger partial charge in [-0.25, -0.2) is 0 Å². The fourth-order valence-electron chi connectivity index (χ4n) is 5.59. The minimum atomic E-state index is 0.438. The molecule has 0 N–H and O–H groups in total. The highest BCUT2D eigenvalue weighted by Gasteiger charge is 2.31. The highest BCUT2D eigenvalue weighted by Crippen LogP contribution is 2.42. The third-order valence-electron chi connectivity index (χ3n) is 7.20. The van der Waals surface area contributed by atoms with Gasteiger partial charge in [0.25, 0.3) is 0 Å². The summed E-state index contributed by atoms with van der Waals surface area (Å²) in [5.41, 5.74) is 5.47. The summed E-state index contributed by atoms with van der Waals surface area (Å²) < 4.78 is 0. The van der Waals surface area contributed by atoms with E-state index in [0.717, 1.165) is 19.3 Å². The molecule has 1 saturated carbocycles. The normalized spacial score (nSPS) is 29.0. The number of aliphatic imine (C=N–C) groups is 1. The van der Waals surface area contributed by atoms with Crippen LogP contribution in [-0.4, -0.2) is 12.0 Å². The number of fused-ring (bicyclic) bond motifs is 1. The predicted molar refractivity (Wildman–Crippen MR) is 121 cm³/mol.